The fourth-order valence-electron chi connectivity index (χ4n) is 2.23. The number of carbonyl (C=O) groups is 3. The Balaban J connectivity index is 4.18. The molecule has 0 rings (SSSR count). The Bertz CT molecular complexity index is 405. The van der Waals surface area contributed by atoms with E-state index in [-0.39, 0.29) is 35.1 Å². The molecule has 0 saturated heterocycles. The number of hydrogen-bond donors (Lipinski definition) is 0. The maximum absolute atomic E-state index is 12.1. The van der Waals surface area contributed by atoms with Crippen LogP contribution in [0, 0.1) is 23.7 Å². The molecule has 2 unspecified atom stereocenters. The third-order valence-electron chi connectivity index (χ3n) is 3.66. The van der Waals surface area contributed by atoms with Crippen LogP contribution in [-0.4, -0.2) is 17.3 Å². The van der Waals surface area contributed by atoms with E-state index in [1.165, 1.54) is 0 Å². The Morgan fingerprint density at radius 1 is 0.864 bits per heavy atom. The van der Waals surface area contributed by atoms with Gasteiger partial charge in [0.1, 0.15) is 11.6 Å². The van der Waals surface area contributed by atoms with Crippen LogP contribution >= 0.6 is 0 Å². The molecule has 0 aliphatic rings. The second kappa shape index (κ2) is 10.5. The van der Waals surface area contributed by atoms with Crippen molar-refractivity contribution >= 4 is 17.3 Å². The summed E-state index contributed by atoms with van der Waals surface area (Å²) in [4.78, 5) is 35.4. The molecule has 0 bridgehead atoms. The maximum Gasteiger partial charge on any atom is 0.157 e. The van der Waals surface area contributed by atoms with Crippen LogP contribution in [0.3, 0.4) is 0 Å². The summed E-state index contributed by atoms with van der Waals surface area (Å²) in [6, 6.07) is 0. The molecular formula is C19H32O3. The third kappa shape index (κ3) is 9.64. The number of allylic oxidation sites excluding steroid dienone is 2. The van der Waals surface area contributed by atoms with Crippen molar-refractivity contribution in [1.82, 2.24) is 0 Å². The molecule has 0 aromatic heterocycles. The van der Waals surface area contributed by atoms with Crippen LogP contribution in [0.4, 0.5) is 0 Å². The first-order valence-corrected chi connectivity index (χ1v) is 8.38. The van der Waals surface area contributed by atoms with Crippen LogP contribution in [0.15, 0.2) is 12.2 Å². The van der Waals surface area contributed by atoms with Crippen molar-refractivity contribution in [3.8, 4) is 0 Å². The molecule has 0 aliphatic heterocycles. The molecule has 0 aliphatic carbocycles. The average molecular weight is 308 g/mol. The molecule has 22 heavy (non-hydrogen) atoms. The van der Waals surface area contributed by atoms with E-state index in [1.807, 2.05) is 47.6 Å². The molecule has 126 valence electrons. The summed E-state index contributed by atoms with van der Waals surface area (Å²) < 4.78 is 0. The minimum atomic E-state index is -0.199. The topological polar surface area (TPSA) is 51.2 Å². The van der Waals surface area contributed by atoms with Crippen molar-refractivity contribution in [2.24, 2.45) is 23.7 Å². The average Bonchev–Trinajstić information content (AvgIpc) is 2.36. The van der Waals surface area contributed by atoms with Gasteiger partial charge in [0.25, 0.3) is 0 Å². The van der Waals surface area contributed by atoms with Crippen molar-refractivity contribution in [1.29, 1.82) is 0 Å². The summed E-state index contributed by atoms with van der Waals surface area (Å²) in [7, 11) is 0. The third-order valence-corrected chi connectivity index (χ3v) is 3.66. The van der Waals surface area contributed by atoms with Gasteiger partial charge in [-0.15, -0.1) is 0 Å². The second-order valence-corrected chi connectivity index (χ2v) is 7.21. The van der Waals surface area contributed by atoms with Crippen LogP contribution in [0.2, 0.25) is 0 Å². The van der Waals surface area contributed by atoms with Crippen LogP contribution in [-0.2, 0) is 14.4 Å². The molecule has 0 spiro atoms. The summed E-state index contributed by atoms with van der Waals surface area (Å²) in [5.41, 5.74) is 0. The minimum Gasteiger partial charge on any atom is -0.300 e. The maximum atomic E-state index is 12.1. The van der Waals surface area contributed by atoms with Gasteiger partial charge >= 0.3 is 0 Å². The zero-order valence-electron chi connectivity index (χ0n) is 15.0. The second-order valence-electron chi connectivity index (χ2n) is 7.21. The van der Waals surface area contributed by atoms with E-state index in [9.17, 15) is 14.4 Å². The van der Waals surface area contributed by atoms with Gasteiger partial charge in [-0.25, -0.2) is 0 Å². The highest BCUT2D eigenvalue weighted by Gasteiger charge is 2.19. The van der Waals surface area contributed by atoms with Gasteiger partial charge < -0.3 is 0 Å². The highest BCUT2D eigenvalue weighted by atomic mass is 16.1. The molecule has 0 aromatic carbocycles. The molecule has 0 heterocycles. The Labute approximate surface area is 135 Å². The van der Waals surface area contributed by atoms with Crippen molar-refractivity contribution in [2.75, 3.05) is 0 Å². The van der Waals surface area contributed by atoms with Gasteiger partial charge in [-0.1, -0.05) is 47.6 Å². The zero-order valence-corrected chi connectivity index (χ0v) is 15.0. The predicted molar refractivity (Wildman–Crippen MR) is 90.6 cm³/mol. The van der Waals surface area contributed by atoms with E-state index < -0.39 is 0 Å². The smallest absolute Gasteiger partial charge is 0.157 e. The van der Waals surface area contributed by atoms with Gasteiger partial charge in [-0.05, 0) is 24.3 Å². The van der Waals surface area contributed by atoms with Gasteiger partial charge in [0, 0.05) is 31.1 Å². The molecule has 3 heteroatoms. The molecule has 0 fully saturated rings. The molecule has 0 saturated carbocycles. The van der Waals surface area contributed by atoms with Crippen LogP contribution in [0.1, 0.15) is 67.2 Å². The monoisotopic (exact) mass is 308 g/mol. The van der Waals surface area contributed by atoms with Crippen molar-refractivity contribution < 1.29 is 14.4 Å². The fourth-order valence-corrected chi connectivity index (χ4v) is 2.23. The van der Waals surface area contributed by atoms with E-state index in [0.29, 0.717) is 25.2 Å². The molecule has 0 amide bonds. The van der Waals surface area contributed by atoms with Gasteiger partial charge in [0.2, 0.25) is 0 Å². The van der Waals surface area contributed by atoms with Gasteiger partial charge in [0.15, 0.2) is 5.78 Å². The summed E-state index contributed by atoms with van der Waals surface area (Å²) >= 11 is 0. The van der Waals surface area contributed by atoms with Gasteiger partial charge in [-0.2, -0.15) is 0 Å². The number of carbonyl (C=O) groups excluding carboxylic acids is 3. The van der Waals surface area contributed by atoms with Crippen LogP contribution in [0.25, 0.3) is 0 Å². The fraction of sp³-hybridized carbons (Fsp3) is 0.737. The highest BCUT2D eigenvalue weighted by Crippen LogP contribution is 2.17. The van der Waals surface area contributed by atoms with Crippen molar-refractivity contribution in [3.05, 3.63) is 12.2 Å². The number of hydrogen-bond acceptors (Lipinski definition) is 3. The first-order valence-electron chi connectivity index (χ1n) is 8.38. The van der Waals surface area contributed by atoms with E-state index in [2.05, 4.69) is 0 Å². The molecule has 0 N–H and O–H groups in total. The van der Waals surface area contributed by atoms with E-state index >= 15 is 0 Å². The van der Waals surface area contributed by atoms with E-state index in [1.54, 1.807) is 6.08 Å². The first kappa shape index (κ1) is 20.8. The molecule has 0 aromatic rings. The normalized spacial score (nSPS) is 14.5. The lowest BCUT2D eigenvalue weighted by Crippen LogP contribution is -2.18. The Kier molecular flexibility index (Phi) is 9.88. The summed E-state index contributed by atoms with van der Waals surface area (Å²) in [5, 5.41) is 0. The van der Waals surface area contributed by atoms with Crippen molar-refractivity contribution in [3.63, 3.8) is 0 Å². The highest BCUT2D eigenvalue weighted by molar-refractivity contribution is 5.91. The first-order chi connectivity index (χ1) is 10.1. The number of ketones is 3. The molecule has 3 nitrogen and oxygen atoms in total. The lowest BCUT2D eigenvalue weighted by molar-refractivity contribution is -0.128. The summed E-state index contributed by atoms with van der Waals surface area (Å²) in [5.74, 6) is 0.796. The summed E-state index contributed by atoms with van der Waals surface area (Å²) in [6.07, 6.45) is 5.56. The largest absolute Gasteiger partial charge is 0.300 e. The lowest BCUT2D eigenvalue weighted by atomic mass is 9.90. The Hall–Kier alpha value is -1.25. The van der Waals surface area contributed by atoms with E-state index in [4.69, 9.17) is 0 Å². The summed E-state index contributed by atoms with van der Waals surface area (Å²) in [6.45, 7) is 11.6. The standard InChI is InChI=1S/C19H32O3/c1-13(2)10-17(20)12-16(6)19(22)11-15(5)8-7-9-18(21)14(3)4/h7,9,13-16H,8,10-12H2,1-6H3/b9-7+. The van der Waals surface area contributed by atoms with Gasteiger partial charge in [0.05, 0.1) is 0 Å². The Morgan fingerprint density at radius 3 is 1.95 bits per heavy atom. The van der Waals surface area contributed by atoms with E-state index in [0.717, 1.165) is 6.42 Å². The zero-order chi connectivity index (χ0) is 17.3. The minimum absolute atomic E-state index is 0.0141. The lowest BCUT2D eigenvalue weighted by Gasteiger charge is -2.13. The molecule has 0 radical (unpaired) electrons. The predicted octanol–water partition coefficient (Wildman–Crippen LogP) is 4.39. The molecule has 2 atom stereocenters. The number of rotatable bonds is 11. The SMILES string of the molecule is CC(C)CC(=O)CC(C)C(=O)CC(C)C/C=C/C(=O)C(C)C. The van der Waals surface area contributed by atoms with Gasteiger partial charge in [-0.3, -0.25) is 14.4 Å². The quantitative estimate of drug-likeness (QED) is 0.532. The molecular weight excluding hydrogens is 276 g/mol. The number of Topliss-reactive ketones (excluding diaryl/α,β-unsaturated/α-hetero) is 2. The van der Waals surface area contributed by atoms with Crippen LogP contribution in [0.5, 0.6) is 0 Å². The van der Waals surface area contributed by atoms with Crippen LogP contribution < -0.4 is 0 Å². The Morgan fingerprint density at radius 2 is 1.45 bits per heavy atom. The van der Waals surface area contributed by atoms with Crippen molar-refractivity contribution in [2.45, 2.75) is 67.2 Å².